The van der Waals surface area contributed by atoms with Gasteiger partial charge in [-0.3, -0.25) is 0 Å². The molecular weight excluding hydrogens is 186 g/mol. The van der Waals surface area contributed by atoms with Gasteiger partial charge in [0.05, 0.1) is 17.7 Å². The Labute approximate surface area is 90.5 Å². The molecule has 1 aliphatic carbocycles. The molecule has 2 nitrogen and oxygen atoms in total. The molecule has 0 amide bonds. The summed E-state index contributed by atoms with van der Waals surface area (Å²) in [4.78, 5) is 0. The van der Waals surface area contributed by atoms with Crippen molar-refractivity contribution < 1.29 is 4.74 Å². The summed E-state index contributed by atoms with van der Waals surface area (Å²) < 4.78 is 5.81. The third-order valence-electron chi connectivity index (χ3n) is 2.58. The molecule has 1 aliphatic rings. The van der Waals surface area contributed by atoms with Crippen molar-refractivity contribution in [2.75, 3.05) is 0 Å². The van der Waals surface area contributed by atoms with Crippen molar-refractivity contribution in [2.45, 2.75) is 38.7 Å². The van der Waals surface area contributed by atoms with Gasteiger partial charge in [-0.1, -0.05) is 19.9 Å². The van der Waals surface area contributed by atoms with Gasteiger partial charge in [0.25, 0.3) is 0 Å². The van der Waals surface area contributed by atoms with Gasteiger partial charge in [0.2, 0.25) is 0 Å². The molecule has 0 saturated heterocycles. The smallest absolute Gasteiger partial charge is 0.124 e. The first kappa shape index (κ1) is 10.0. The Morgan fingerprint density at radius 3 is 2.67 bits per heavy atom. The van der Waals surface area contributed by atoms with Gasteiger partial charge in [-0.25, -0.2) is 0 Å². The van der Waals surface area contributed by atoms with Crippen LogP contribution in [-0.4, -0.2) is 6.10 Å². The van der Waals surface area contributed by atoms with Crippen molar-refractivity contribution in [3.05, 3.63) is 29.3 Å². The monoisotopic (exact) mass is 201 g/mol. The van der Waals surface area contributed by atoms with Crippen LogP contribution in [0.4, 0.5) is 0 Å². The van der Waals surface area contributed by atoms with Crippen molar-refractivity contribution in [1.82, 2.24) is 0 Å². The normalized spacial score (nSPS) is 15.1. The van der Waals surface area contributed by atoms with Crippen LogP contribution in [0.1, 0.15) is 43.7 Å². The van der Waals surface area contributed by atoms with Crippen LogP contribution in [0.2, 0.25) is 0 Å². The van der Waals surface area contributed by atoms with Crippen LogP contribution in [0.3, 0.4) is 0 Å². The molecule has 78 valence electrons. The molecule has 2 rings (SSSR count). The summed E-state index contributed by atoms with van der Waals surface area (Å²) in [5.41, 5.74) is 1.79. The molecule has 2 heteroatoms. The number of rotatable bonds is 3. The van der Waals surface area contributed by atoms with E-state index in [1.807, 2.05) is 18.2 Å². The number of hydrogen-bond acceptors (Lipinski definition) is 2. The minimum absolute atomic E-state index is 0.328. The summed E-state index contributed by atoms with van der Waals surface area (Å²) in [5, 5.41) is 9.04. The molecule has 0 atom stereocenters. The molecule has 0 radical (unpaired) electrons. The molecule has 0 aliphatic heterocycles. The van der Waals surface area contributed by atoms with Gasteiger partial charge in [-0.15, -0.1) is 0 Å². The van der Waals surface area contributed by atoms with Crippen LogP contribution in [0.25, 0.3) is 0 Å². The third-order valence-corrected chi connectivity index (χ3v) is 2.58. The van der Waals surface area contributed by atoms with Crippen LogP contribution in [0.15, 0.2) is 18.2 Å². The van der Waals surface area contributed by atoms with Crippen molar-refractivity contribution >= 4 is 0 Å². The van der Waals surface area contributed by atoms with E-state index in [0.717, 1.165) is 29.7 Å². The first-order chi connectivity index (χ1) is 7.22. The van der Waals surface area contributed by atoms with E-state index in [9.17, 15) is 0 Å². The van der Waals surface area contributed by atoms with E-state index in [4.69, 9.17) is 10.00 Å². The fourth-order valence-electron chi connectivity index (χ4n) is 1.71. The summed E-state index contributed by atoms with van der Waals surface area (Å²) in [7, 11) is 0. The Morgan fingerprint density at radius 2 is 2.13 bits per heavy atom. The third kappa shape index (κ3) is 2.12. The van der Waals surface area contributed by atoms with E-state index in [2.05, 4.69) is 19.9 Å². The molecule has 0 heterocycles. The zero-order chi connectivity index (χ0) is 10.8. The second-order valence-corrected chi connectivity index (χ2v) is 4.30. The first-order valence-electron chi connectivity index (χ1n) is 5.42. The van der Waals surface area contributed by atoms with E-state index in [0.29, 0.717) is 12.0 Å². The van der Waals surface area contributed by atoms with Gasteiger partial charge in [-0.2, -0.15) is 5.26 Å². The molecule has 1 saturated carbocycles. The fourth-order valence-corrected chi connectivity index (χ4v) is 1.71. The van der Waals surface area contributed by atoms with Gasteiger partial charge in [0, 0.05) is 5.56 Å². The highest BCUT2D eigenvalue weighted by molar-refractivity contribution is 5.48. The Hall–Kier alpha value is -1.49. The van der Waals surface area contributed by atoms with Crippen LogP contribution < -0.4 is 4.74 Å². The number of nitriles is 1. The summed E-state index contributed by atoms with van der Waals surface area (Å²) in [6.07, 6.45) is 2.68. The highest BCUT2D eigenvalue weighted by atomic mass is 16.5. The van der Waals surface area contributed by atoms with Crippen LogP contribution in [0, 0.1) is 11.3 Å². The highest BCUT2D eigenvalue weighted by Gasteiger charge is 2.25. The summed E-state index contributed by atoms with van der Waals surface area (Å²) in [5.74, 6) is 1.22. The van der Waals surface area contributed by atoms with Gasteiger partial charge < -0.3 is 4.74 Å². The maximum absolute atomic E-state index is 9.04. The van der Waals surface area contributed by atoms with Crippen LogP contribution >= 0.6 is 0 Å². The maximum Gasteiger partial charge on any atom is 0.124 e. The first-order valence-corrected chi connectivity index (χ1v) is 5.42. The maximum atomic E-state index is 9.04. The van der Waals surface area contributed by atoms with E-state index in [1.165, 1.54) is 0 Å². The minimum Gasteiger partial charge on any atom is -0.490 e. The lowest BCUT2D eigenvalue weighted by Gasteiger charge is -2.14. The average Bonchev–Trinajstić information content (AvgIpc) is 3.01. The molecule has 1 fully saturated rings. The van der Waals surface area contributed by atoms with E-state index < -0.39 is 0 Å². The number of benzene rings is 1. The van der Waals surface area contributed by atoms with E-state index in [1.54, 1.807) is 0 Å². The average molecular weight is 201 g/mol. The second kappa shape index (κ2) is 3.94. The zero-order valence-electron chi connectivity index (χ0n) is 9.16. The molecule has 0 aromatic heterocycles. The summed E-state index contributed by atoms with van der Waals surface area (Å²) in [6, 6.07) is 7.94. The number of ether oxygens (including phenoxy) is 1. The lowest BCUT2D eigenvalue weighted by Crippen LogP contribution is -2.02. The Bertz CT molecular complexity index is 399. The van der Waals surface area contributed by atoms with Crippen LogP contribution in [-0.2, 0) is 0 Å². The molecule has 0 N–H and O–H groups in total. The second-order valence-electron chi connectivity index (χ2n) is 4.30. The molecule has 15 heavy (non-hydrogen) atoms. The van der Waals surface area contributed by atoms with Crippen molar-refractivity contribution in [2.24, 2.45) is 0 Å². The molecule has 0 bridgehead atoms. The lowest BCUT2D eigenvalue weighted by molar-refractivity contribution is 0.299. The summed E-state index contributed by atoms with van der Waals surface area (Å²) >= 11 is 0. The molecular formula is C13H15NO. The standard InChI is InChI=1S/C13H15NO/c1-9(2)13-10(8-14)4-3-5-12(13)15-11-6-7-11/h3-5,9,11H,6-7H2,1-2H3. The largest absolute Gasteiger partial charge is 0.490 e. The number of nitrogens with zero attached hydrogens (tertiary/aromatic N) is 1. The highest BCUT2D eigenvalue weighted by Crippen LogP contribution is 2.34. The van der Waals surface area contributed by atoms with Gasteiger partial charge in [-0.05, 0) is 30.9 Å². The fraction of sp³-hybridized carbons (Fsp3) is 0.462. The topological polar surface area (TPSA) is 33.0 Å². The molecule has 0 spiro atoms. The Kier molecular flexibility index (Phi) is 2.64. The number of hydrogen-bond donors (Lipinski definition) is 0. The van der Waals surface area contributed by atoms with Crippen molar-refractivity contribution in [3.8, 4) is 11.8 Å². The summed E-state index contributed by atoms with van der Waals surface area (Å²) in [6.45, 7) is 4.19. The quantitative estimate of drug-likeness (QED) is 0.752. The molecule has 1 aromatic carbocycles. The Balaban J connectivity index is 2.38. The van der Waals surface area contributed by atoms with Gasteiger partial charge in [0.1, 0.15) is 5.75 Å². The SMILES string of the molecule is CC(C)c1c(C#N)cccc1OC1CC1. The predicted molar refractivity (Wildman–Crippen MR) is 58.9 cm³/mol. The van der Waals surface area contributed by atoms with Gasteiger partial charge in [0.15, 0.2) is 0 Å². The molecule has 0 unspecified atom stereocenters. The minimum atomic E-state index is 0.328. The van der Waals surface area contributed by atoms with E-state index >= 15 is 0 Å². The van der Waals surface area contributed by atoms with Gasteiger partial charge >= 0.3 is 0 Å². The Morgan fingerprint density at radius 1 is 1.40 bits per heavy atom. The van der Waals surface area contributed by atoms with E-state index in [-0.39, 0.29) is 0 Å². The van der Waals surface area contributed by atoms with Crippen molar-refractivity contribution in [3.63, 3.8) is 0 Å². The van der Waals surface area contributed by atoms with Crippen molar-refractivity contribution in [1.29, 1.82) is 5.26 Å². The zero-order valence-corrected chi connectivity index (χ0v) is 9.16. The van der Waals surface area contributed by atoms with Crippen LogP contribution in [0.5, 0.6) is 5.75 Å². The predicted octanol–water partition coefficient (Wildman–Crippen LogP) is 3.22. The molecule has 1 aromatic rings. The lowest BCUT2D eigenvalue weighted by atomic mass is 9.97.